The maximum absolute atomic E-state index is 16.2. The molecule has 4 aromatic rings. The molecule has 1 aromatic heterocycles. The highest BCUT2D eigenvalue weighted by Gasteiger charge is 2.81. The molecule has 3 aromatic carbocycles. The molecule has 0 radical (unpaired) electrons. The van der Waals surface area contributed by atoms with Gasteiger partial charge in [0.25, 0.3) is 0 Å². The van der Waals surface area contributed by atoms with Gasteiger partial charge in [-0.2, -0.15) is 26.3 Å². The minimum absolute atomic E-state index is 0.00517. The van der Waals surface area contributed by atoms with Gasteiger partial charge in [-0.1, -0.05) is 93.1 Å². The van der Waals surface area contributed by atoms with Gasteiger partial charge in [-0.05, 0) is 30.0 Å². The van der Waals surface area contributed by atoms with Crippen molar-refractivity contribution < 1.29 is 30.9 Å². The molecule has 0 saturated carbocycles. The first-order valence-electron chi connectivity index (χ1n) is 13.3. The van der Waals surface area contributed by atoms with E-state index in [0.717, 1.165) is 11.3 Å². The van der Waals surface area contributed by atoms with E-state index in [1.54, 1.807) is 68.4 Å². The molecule has 0 fully saturated rings. The first kappa shape index (κ1) is 28.0. The van der Waals surface area contributed by atoms with Crippen molar-refractivity contribution in [3.05, 3.63) is 106 Å². The third kappa shape index (κ3) is 3.59. The summed E-state index contributed by atoms with van der Waals surface area (Å²) in [5.41, 5.74) is -3.49. The lowest BCUT2D eigenvalue weighted by Crippen LogP contribution is -2.49. The second-order valence-corrected chi connectivity index (χ2v) is 14.2. The van der Waals surface area contributed by atoms with Crippen LogP contribution in [-0.4, -0.2) is 17.8 Å². The van der Waals surface area contributed by atoms with Gasteiger partial charge in [0.15, 0.2) is 7.14 Å². The second kappa shape index (κ2) is 9.47. The summed E-state index contributed by atoms with van der Waals surface area (Å²) < 4.78 is 111. The molecule has 212 valence electrons. The van der Waals surface area contributed by atoms with Gasteiger partial charge in [-0.3, -0.25) is 0 Å². The van der Waals surface area contributed by atoms with Crippen LogP contribution in [0.25, 0.3) is 21.2 Å². The Balaban J connectivity index is 1.84. The summed E-state index contributed by atoms with van der Waals surface area (Å²) in [5.74, 6) is -16.2. The summed E-state index contributed by atoms with van der Waals surface area (Å²) >= 11 is 1.12. The van der Waals surface area contributed by atoms with Crippen molar-refractivity contribution in [3.63, 3.8) is 0 Å². The topological polar surface area (TPSA) is 17.1 Å². The van der Waals surface area contributed by atoms with Crippen LogP contribution in [0, 0.1) is 0 Å². The van der Waals surface area contributed by atoms with E-state index in [0.29, 0.717) is 21.3 Å². The summed E-state index contributed by atoms with van der Waals surface area (Å²) in [5, 5.41) is 0.746. The molecule has 1 atom stereocenters. The Hall–Kier alpha value is -3.09. The Bertz CT molecular complexity index is 1800. The number of aryl methyl sites for hydroxylation is 1. The van der Waals surface area contributed by atoms with Crippen LogP contribution >= 0.6 is 18.5 Å². The Morgan fingerprint density at radius 2 is 1.37 bits per heavy atom. The summed E-state index contributed by atoms with van der Waals surface area (Å²) in [4.78, 5) is 0.307. The molecule has 6 rings (SSSR count). The third-order valence-corrected chi connectivity index (χ3v) is 12.6. The average Bonchev–Trinajstić information content (AvgIpc) is 3.48. The van der Waals surface area contributed by atoms with E-state index in [1.807, 2.05) is 0 Å². The van der Waals surface area contributed by atoms with Crippen LogP contribution in [0.5, 0.6) is 0 Å². The predicted octanol–water partition coefficient (Wildman–Crippen LogP) is 9.68. The zero-order valence-electron chi connectivity index (χ0n) is 22.2. The fourth-order valence-corrected chi connectivity index (χ4v) is 10.7. The number of allylic oxidation sites excluding steroid dienone is 4. The molecule has 0 amide bonds. The van der Waals surface area contributed by atoms with E-state index in [-0.39, 0.29) is 40.0 Å². The first-order chi connectivity index (χ1) is 19.4. The van der Waals surface area contributed by atoms with Gasteiger partial charge in [0.05, 0.1) is 0 Å². The lowest BCUT2D eigenvalue weighted by atomic mass is 9.88. The summed E-state index contributed by atoms with van der Waals surface area (Å²) in [7, 11) is -3.83. The zero-order valence-corrected chi connectivity index (χ0v) is 23.9. The largest absolute Gasteiger partial charge is 0.380 e. The number of thiophene rings is 1. The Morgan fingerprint density at radius 3 is 2.05 bits per heavy atom. The van der Waals surface area contributed by atoms with Gasteiger partial charge in [-0.25, -0.2) is 0 Å². The summed E-state index contributed by atoms with van der Waals surface area (Å²) in [6.07, 6.45) is 0.524. The van der Waals surface area contributed by atoms with Crippen LogP contribution in [0.15, 0.2) is 89.8 Å². The van der Waals surface area contributed by atoms with Crippen molar-refractivity contribution in [2.24, 2.45) is 0 Å². The number of hydrogen-bond acceptors (Lipinski definition) is 2. The fraction of sp³-hybridized carbons (Fsp3) is 0.250. The third-order valence-electron chi connectivity index (χ3n) is 7.94. The van der Waals surface area contributed by atoms with Crippen molar-refractivity contribution in [2.75, 3.05) is 0 Å². The molecular formula is C32H25F6OPS. The normalized spacial score (nSPS) is 22.5. The van der Waals surface area contributed by atoms with E-state index in [1.165, 1.54) is 24.3 Å². The van der Waals surface area contributed by atoms with Crippen molar-refractivity contribution in [1.29, 1.82) is 0 Å². The van der Waals surface area contributed by atoms with Crippen molar-refractivity contribution in [2.45, 2.75) is 50.9 Å². The van der Waals surface area contributed by atoms with Gasteiger partial charge in [0.1, 0.15) is 0 Å². The second-order valence-electron chi connectivity index (χ2n) is 10.3. The van der Waals surface area contributed by atoms with Gasteiger partial charge in [0.2, 0.25) is 0 Å². The van der Waals surface area contributed by atoms with Gasteiger partial charge >= 0.3 is 17.8 Å². The first-order valence-corrected chi connectivity index (χ1v) is 15.9. The minimum atomic E-state index is -5.71. The maximum atomic E-state index is 16.2. The van der Waals surface area contributed by atoms with E-state index in [9.17, 15) is 0 Å². The fourth-order valence-electron chi connectivity index (χ4n) is 6.16. The number of benzene rings is 3. The number of hydrogen-bond donors (Lipinski definition) is 0. The van der Waals surface area contributed by atoms with Crippen molar-refractivity contribution in [1.82, 2.24) is 0 Å². The Labute approximate surface area is 237 Å². The molecule has 0 spiro atoms. The molecule has 41 heavy (non-hydrogen) atoms. The highest BCUT2D eigenvalue weighted by atomic mass is 32.1. The molecule has 0 bridgehead atoms. The van der Waals surface area contributed by atoms with Crippen LogP contribution in [0.1, 0.15) is 42.7 Å². The molecule has 0 unspecified atom stereocenters. The number of halogens is 6. The van der Waals surface area contributed by atoms with Crippen molar-refractivity contribution >= 4 is 50.3 Å². The lowest BCUT2D eigenvalue weighted by Gasteiger charge is -2.26. The molecule has 2 heterocycles. The molecule has 0 saturated heterocycles. The SMILES string of the molecule is CCCC1=C(C2=C(c3c(CC)sc4ccccc34)C(F)(F)C(F)(F)C2(F)F)c2ccccc2[P@@]1(=O)c1ccccc1. The van der Waals surface area contributed by atoms with Crippen LogP contribution in [0.3, 0.4) is 0 Å². The number of alkyl halides is 6. The van der Waals surface area contributed by atoms with Crippen LogP contribution in [0.2, 0.25) is 0 Å². The molecule has 2 aliphatic rings. The highest BCUT2D eigenvalue weighted by Crippen LogP contribution is 2.70. The molecule has 1 nitrogen and oxygen atoms in total. The van der Waals surface area contributed by atoms with Crippen molar-refractivity contribution in [3.8, 4) is 0 Å². The lowest BCUT2D eigenvalue weighted by molar-refractivity contribution is -0.258. The van der Waals surface area contributed by atoms with Gasteiger partial charge < -0.3 is 4.57 Å². The monoisotopic (exact) mass is 602 g/mol. The van der Waals surface area contributed by atoms with E-state index < -0.39 is 41.6 Å². The average molecular weight is 603 g/mol. The summed E-state index contributed by atoms with van der Waals surface area (Å²) in [6, 6.07) is 20.7. The maximum Gasteiger partial charge on any atom is 0.380 e. The Kier molecular flexibility index (Phi) is 6.48. The van der Waals surface area contributed by atoms with Crippen LogP contribution < -0.4 is 10.6 Å². The number of rotatable bonds is 6. The Morgan fingerprint density at radius 1 is 0.756 bits per heavy atom. The highest BCUT2D eigenvalue weighted by molar-refractivity contribution is 7.83. The predicted molar refractivity (Wildman–Crippen MR) is 155 cm³/mol. The van der Waals surface area contributed by atoms with Gasteiger partial charge in [-0.15, -0.1) is 11.3 Å². The van der Waals surface area contributed by atoms with Crippen LogP contribution in [0.4, 0.5) is 26.3 Å². The van der Waals surface area contributed by atoms with E-state index >= 15 is 30.9 Å². The molecule has 0 N–H and O–H groups in total. The van der Waals surface area contributed by atoms with Gasteiger partial charge in [0, 0.05) is 47.6 Å². The molecule has 1 aliphatic heterocycles. The standard InChI is InChI=1S/C32H25F6OPS/c1-3-12-23-26(20-15-8-10-17-22(20)40(23,39)19-13-6-5-7-14-19)28-29(31(35,36)32(37,38)30(28,33)34)27-21-16-9-11-18-25(21)41-24(27)4-2/h5-11,13-18H,3-4,12H2,1-2H3/t40-/m0/s1. The smallest absolute Gasteiger partial charge is 0.309 e. The number of fused-ring (bicyclic) bond motifs is 2. The van der Waals surface area contributed by atoms with E-state index in [2.05, 4.69) is 0 Å². The van der Waals surface area contributed by atoms with Crippen LogP contribution in [-0.2, 0) is 11.0 Å². The molecule has 1 aliphatic carbocycles. The quantitative estimate of drug-likeness (QED) is 0.159. The van der Waals surface area contributed by atoms with E-state index in [4.69, 9.17) is 0 Å². The molecular weight excluding hydrogens is 577 g/mol. The summed E-state index contributed by atoms with van der Waals surface area (Å²) in [6.45, 7) is 3.42. The molecule has 9 heteroatoms. The minimum Gasteiger partial charge on any atom is -0.309 e. The zero-order chi connectivity index (χ0) is 29.4.